The molecule has 2 nitrogen and oxygen atoms in total. The van der Waals surface area contributed by atoms with Crippen LogP contribution in [0.2, 0.25) is 0 Å². The molecule has 1 aromatic carbocycles. The zero-order chi connectivity index (χ0) is 10.1. The third-order valence-electron chi connectivity index (χ3n) is 2.56. The number of fused-ring (bicyclic) bond motifs is 1. The molecule has 2 heteroatoms. The lowest BCUT2D eigenvalue weighted by molar-refractivity contribution is 0.340. The normalized spacial score (nSPS) is 10.8. The lowest BCUT2D eigenvalue weighted by atomic mass is 10.2. The summed E-state index contributed by atoms with van der Waals surface area (Å²) < 4.78 is 7.64. The molecule has 0 bridgehead atoms. The second-order valence-electron chi connectivity index (χ2n) is 3.50. The van der Waals surface area contributed by atoms with E-state index in [-0.39, 0.29) is 0 Å². The van der Waals surface area contributed by atoms with Gasteiger partial charge in [-0.1, -0.05) is 0 Å². The smallest absolute Gasteiger partial charge is 0.120 e. The highest BCUT2D eigenvalue weighted by Crippen LogP contribution is 2.23. The minimum absolute atomic E-state index is 0.720. The summed E-state index contributed by atoms with van der Waals surface area (Å²) in [6.07, 6.45) is 0. The molecule has 0 unspecified atom stereocenters. The third-order valence-corrected chi connectivity index (χ3v) is 2.56. The number of hydrogen-bond donors (Lipinski definition) is 0. The summed E-state index contributed by atoms with van der Waals surface area (Å²) in [5.41, 5.74) is 2.53. The highest BCUT2D eigenvalue weighted by atomic mass is 16.5. The molecule has 0 aliphatic heterocycles. The number of ether oxygens (including phenoxy) is 1. The first-order valence-electron chi connectivity index (χ1n) is 4.91. The van der Waals surface area contributed by atoms with Crippen molar-refractivity contribution in [1.29, 1.82) is 0 Å². The predicted octanol–water partition coefficient (Wildman–Crippen LogP) is 2.89. The molecule has 0 saturated heterocycles. The van der Waals surface area contributed by atoms with Crippen LogP contribution in [-0.4, -0.2) is 11.2 Å². The van der Waals surface area contributed by atoms with Crippen molar-refractivity contribution in [1.82, 2.24) is 4.57 Å². The van der Waals surface area contributed by atoms with E-state index in [1.807, 2.05) is 13.0 Å². The quantitative estimate of drug-likeness (QED) is 0.708. The van der Waals surface area contributed by atoms with Crippen molar-refractivity contribution in [2.45, 2.75) is 13.8 Å². The Bertz CT molecular complexity index is 457. The lowest BCUT2D eigenvalue weighted by Gasteiger charge is -2.03. The van der Waals surface area contributed by atoms with Crippen LogP contribution in [0, 0.1) is 6.92 Å². The summed E-state index contributed by atoms with van der Waals surface area (Å²) in [6, 6.07) is 8.39. The summed E-state index contributed by atoms with van der Waals surface area (Å²) in [5.74, 6) is 0.950. The minimum Gasteiger partial charge on any atom is -0.494 e. The van der Waals surface area contributed by atoms with Crippen LogP contribution in [0.25, 0.3) is 10.9 Å². The Morgan fingerprint density at radius 3 is 2.79 bits per heavy atom. The van der Waals surface area contributed by atoms with Gasteiger partial charge in [0.2, 0.25) is 0 Å². The number of aromatic nitrogens is 1. The van der Waals surface area contributed by atoms with E-state index in [1.54, 1.807) is 0 Å². The summed E-state index contributed by atoms with van der Waals surface area (Å²) in [5, 5.41) is 1.25. The molecule has 74 valence electrons. The van der Waals surface area contributed by atoms with Gasteiger partial charge in [-0.2, -0.15) is 0 Å². The molecule has 0 radical (unpaired) electrons. The van der Waals surface area contributed by atoms with Gasteiger partial charge in [0.15, 0.2) is 0 Å². The van der Waals surface area contributed by atoms with Crippen LogP contribution in [0.4, 0.5) is 0 Å². The monoisotopic (exact) mass is 189 g/mol. The zero-order valence-corrected chi connectivity index (χ0v) is 8.87. The summed E-state index contributed by atoms with van der Waals surface area (Å²) in [4.78, 5) is 0. The van der Waals surface area contributed by atoms with E-state index >= 15 is 0 Å². The maximum absolute atomic E-state index is 5.45. The molecule has 14 heavy (non-hydrogen) atoms. The Hall–Kier alpha value is -1.44. The molecular weight excluding hydrogens is 174 g/mol. The van der Waals surface area contributed by atoms with Gasteiger partial charge >= 0.3 is 0 Å². The van der Waals surface area contributed by atoms with Crippen LogP contribution in [0.5, 0.6) is 5.75 Å². The third kappa shape index (κ3) is 1.37. The summed E-state index contributed by atoms with van der Waals surface area (Å²) in [7, 11) is 2.08. The van der Waals surface area contributed by atoms with E-state index in [1.165, 1.54) is 16.6 Å². The van der Waals surface area contributed by atoms with Crippen molar-refractivity contribution >= 4 is 10.9 Å². The SMILES string of the molecule is CCOc1ccc2c(c1)cc(C)n2C. The molecule has 0 aliphatic rings. The Balaban J connectivity index is 2.56. The van der Waals surface area contributed by atoms with Gasteiger partial charge in [0.05, 0.1) is 6.61 Å². The van der Waals surface area contributed by atoms with Gasteiger partial charge in [-0.3, -0.25) is 0 Å². The van der Waals surface area contributed by atoms with Crippen LogP contribution >= 0.6 is 0 Å². The highest BCUT2D eigenvalue weighted by Gasteiger charge is 2.02. The number of hydrogen-bond acceptors (Lipinski definition) is 1. The molecule has 0 spiro atoms. The van der Waals surface area contributed by atoms with Crippen LogP contribution in [0.15, 0.2) is 24.3 Å². The molecule has 0 saturated carbocycles. The Morgan fingerprint density at radius 1 is 1.29 bits per heavy atom. The Kier molecular flexibility index (Phi) is 2.20. The van der Waals surface area contributed by atoms with Gasteiger partial charge in [-0.05, 0) is 38.1 Å². The van der Waals surface area contributed by atoms with Gasteiger partial charge in [0.25, 0.3) is 0 Å². The fourth-order valence-electron chi connectivity index (χ4n) is 1.72. The summed E-state index contributed by atoms with van der Waals surface area (Å²) in [6.45, 7) is 4.83. The van der Waals surface area contributed by atoms with Gasteiger partial charge in [0, 0.05) is 23.6 Å². The number of rotatable bonds is 2. The molecule has 0 atom stereocenters. The Labute approximate surface area is 84.1 Å². The molecule has 0 N–H and O–H groups in total. The highest BCUT2D eigenvalue weighted by molar-refractivity contribution is 5.82. The maximum Gasteiger partial charge on any atom is 0.120 e. The van der Waals surface area contributed by atoms with Crippen molar-refractivity contribution in [2.75, 3.05) is 6.61 Å². The van der Waals surface area contributed by atoms with E-state index < -0.39 is 0 Å². The first-order chi connectivity index (χ1) is 6.72. The maximum atomic E-state index is 5.45. The van der Waals surface area contributed by atoms with Crippen molar-refractivity contribution in [2.24, 2.45) is 7.05 Å². The molecule has 0 aliphatic carbocycles. The van der Waals surface area contributed by atoms with E-state index in [9.17, 15) is 0 Å². The lowest BCUT2D eigenvalue weighted by Crippen LogP contribution is -1.91. The van der Waals surface area contributed by atoms with Gasteiger partial charge in [-0.25, -0.2) is 0 Å². The molecule has 1 aromatic heterocycles. The molecule has 0 amide bonds. The van der Waals surface area contributed by atoms with E-state index in [0.29, 0.717) is 0 Å². The average molecular weight is 189 g/mol. The molecular formula is C12H15NO. The topological polar surface area (TPSA) is 14.2 Å². The number of benzene rings is 1. The van der Waals surface area contributed by atoms with Gasteiger partial charge in [0.1, 0.15) is 5.75 Å². The zero-order valence-electron chi connectivity index (χ0n) is 8.87. The van der Waals surface area contributed by atoms with Crippen LogP contribution in [0.3, 0.4) is 0 Å². The van der Waals surface area contributed by atoms with Crippen molar-refractivity contribution < 1.29 is 4.74 Å². The minimum atomic E-state index is 0.720. The first kappa shape index (κ1) is 9.13. The van der Waals surface area contributed by atoms with Crippen molar-refractivity contribution in [3.05, 3.63) is 30.0 Å². The van der Waals surface area contributed by atoms with Crippen molar-refractivity contribution in [3.8, 4) is 5.75 Å². The molecule has 0 fully saturated rings. The van der Waals surface area contributed by atoms with E-state index in [4.69, 9.17) is 4.74 Å². The van der Waals surface area contributed by atoms with Gasteiger partial charge < -0.3 is 9.30 Å². The second-order valence-corrected chi connectivity index (χ2v) is 3.50. The largest absolute Gasteiger partial charge is 0.494 e. The molecule has 2 rings (SSSR count). The number of aryl methyl sites for hydroxylation is 2. The van der Waals surface area contributed by atoms with E-state index in [2.05, 4.69) is 36.7 Å². The average Bonchev–Trinajstić information content (AvgIpc) is 2.43. The number of nitrogens with zero attached hydrogens (tertiary/aromatic N) is 1. The first-order valence-corrected chi connectivity index (χ1v) is 4.91. The van der Waals surface area contributed by atoms with E-state index in [0.717, 1.165) is 12.4 Å². The van der Waals surface area contributed by atoms with Crippen LogP contribution in [-0.2, 0) is 7.05 Å². The molecule has 2 aromatic rings. The van der Waals surface area contributed by atoms with Crippen LogP contribution < -0.4 is 4.74 Å². The van der Waals surface area contributed by atoms with Gasteiger partial charge in [-0.15, -0.1) is 0 Å². The summed E-state index contributed by atoms with van der Waals surface area (Å²) >= 11 is 0. The fraction of sp³-hybridized carbons (Fsp3) is 0.333. The fourth-order valence-corrected chi connectivity index (χ4v) is 1.72. The molecule has 1 heterocycles. The standard InChI is InChI=1S/C12H15NO/c1-4-14-11-5-6-12-10(8-11)7-9(2)13(12)3/h5-8H,4H2,1-3H3. The van der Waals surface area contributed by atoms with Crippen molar-refractivity contribution in [3.63, 3.8) is 0 Å². The van der Waals surface area contributed by atoms with Crippen LogP contribution in [0.1, 0.15) is 12.6 Å². The Morgan fingerprint density at radius 2 is 2.07 bits per heavy atom. The predicted molar refractivity (Wildman–Crippen MR) is 58.8 cm³/mol. The second kappa shape index (κ2) is 3.37.